The van der Waals surface area contributed by atoms with Crippen LogP contribution in [0.3, 0.4) is 0 Å². The Bertz CT molecular complexity index is 1150. The van der Waals surface area contributed by atoms with Crippen LogP contribution in [0.5, 0.6) is 0 Å². The van der Waals surface area contributed by atoms with Crippen LogP contribution in [0.25, 0.3) is 11.0 Å². The van der Waals surface area contributed by atoms with Gasteiger partial charge in [0.05, 0.1) is 12.7 Å². The number of hydrogen-bond acceptors (Lipinski definition) is 7. The van der Waals surface area contributed by atoms with Gasteiger partial charge in [0.15, 0.2) is 5.78 Å². The largest absolute Gasteiger partial charge is 0.340 e. The molecule has 0 saturated carbocycles. The lowest BCUT2D eigenvalue weighted by Gasteiger charge is -2.28. The van der Waals surface area contributed by atoms with Crippen molar-refractivity contribution in [3.8, 4) is 11.8 Å². The maximum absolute atomic E-state index is 13.2. The number of nitrogens with one attached hydrogen (secondary N) is 1. The van der Waals surface area contributed by atoms with Gasteiger partial charge in [-0.1, -0.05) is 5.92 Å². The lowest BCUT2D eigenvalue weighted by atomic mass is 10.2. The number of ketones is 1. The van der Waals surface area contributed by atoms with Gasteiger partial charge in [0.25, 0.3) is 5.56 Å². The molecule has 0 amide bonds. The van der Waals surface area contributed by atoms with Crippen LogP contribution in [-0.4, -0.2) is 56.3 Å². The second-order valence-electron chi connectivity index (χ2n) is 6.66. The van der Waals surface area contributed by atoms with E-state index in [1.807, 2.05) is 4.57 Å². The molecule has 0 aromatic carbocycles. The summed E-state index contributed by atoms with van der Waals surface area (Å²) in [6.45, 7) is 5.26. The first-order valence-corrected chi connectivity index (χ1v) is 9.44. The first-order chi connectivity index (χ1) is 14.2. The Kier molecular flexibility index (Phi) is 5.35. The van der Waals surface area contributed by atoms with Gasteiger partial charge >= 0.3 is 0 Å². The van der Waals surface area contributed by atoms with Crippen molar-refractivity contribution in [2.45, 2.75) is 20.0 Å². The van der Waals surface area contributed by atoms with E-state index < -0.39 is 0 Å². The number of fused-ring (bicyclic) bond motifs is 1. The molecule has 0 radical (unpaired) electrons. The predicted octanol–water partition coefficient (Wildman–Crippen LogP) is 0.304. The number of nitrogens with zero attached hydrogens (tertiary/aromatic N) is 6. The number of Topliss-reactive ketones (excluding diaryl/α,β-unsaturated/α-hetero) is 1. The number of imidazole rings is 1. The molecule has 0 aliphatic carbocycles. The molecule has 4 rings (SSSR count). The van der Waals surface area contributed by atoms with Gasteiger partial charge in [0.2, 0.25) is 5.95 Å². The van der Waals surface area contributed by atoms with Gasteiger partial charge in [-0.15, -0.1) is 5.92 Å². The summed E-state index contributed by atoms with van der Waals surface area (Å²) < 4.78 is 3.01. The standard InChI is InChI=1S/C20H21N7O2/c1-2-3-10-26-18-16(24-20(26)25-11-8-22-9-12-25)13-23-27(19(18)29)14-17(28)15-4-6-21-7-5-15/h4-7,13,22H,8-12,14H2,1H3. The topological polar surface area (TPSA) is 97.9 Å². The molecule has 1 aliphatic heterocycles. The third-order valence-electron chi connectivity index (χ3n) is 4.84. The quantitative estimate of drug-likeness (QED) is 0.494. The third-order valence-corrected chi connectivity index (χ3v) is 4.84. The summed E-state index contributed by atoms with van der Waals surface area (Å²) in [7, 11) is 0. The van der Waals surface area contributed by atoms with Crippen LogP contribution in [0.4, 0.5) is 5.95 Å². The van der Waals surface area contributed by atoms with E-state index in [1.54, 1.807) is 31.5 Å². The van der Waals surface area contributed by atoms with Crippen LogP contribution in [0, 0.1) is 11.8 Å². The molecule has 4 heterocycles. The van der Waals surface area contributed by atoms with E-state index in [1.165, 1.54) is 10.9 Å². The lowest BCUT2D eigenvalue weighted by Crippen LogP contribution is -2.44. The molecule has 9 heteroatoms. The monoisotopic (exact) mass is 391 g/mol. The molecule has 3 aromatic heterocycles. The number of anilines is 1. The van der Waals surface area contributed by atoms with Gasteiger partial charge in [-0.3, -0.25) is 19.1 Å². The highest BCUT2D eigenvalue weighted by Crippen LogP contribution is 2.20. The molecule has 0 spiro atoms. The molecule has 3 aromatic rings. The average molecular weight is 391 g/mol. The van der Waals surface area contributed by atoms with Crippen LogP contribution in [0.1, 0.15) is 17.3 Å². The van der Waals surface area contributed by atoms with Crippen LogP contribution in [-0.2, 0) is 13.1 Å². The second kappa shape index (κ2) is 8.24. The molecule has 1 aliphatic rings. The van der Waals surface area contributed by atoms with Crippen molar-refractivity contribution in [1.29, 1.82) is 0 Å². The summed E-state index contributed by atoms with van der Waals surface area (Å²) in [5.74, 6) is 6.40. The molecule has 0 atom stereocenters. The van der Waals surface area contributed by atoms with Crippen molar-refractivity contribution in [3.05, 3.63) is 46.6 Å². The summed E-state index contributed by atoms with van der Waals surface area (Å²) in [5.41, 5.74) is 1.06. The first-order valence-electron chi connectivity index (χ1n) is 9.44. The highest BCUT2D eigenvalue weighted by molar-refractivity contribution is 5.95. The normalized spacial score (nSPS) is 13.9. The lowest BCUT2D eigenvalue weighted by molar-refractivity contribution is 0.0966. The Morgan fingerprint density at radius 3 is 2.72 bits per heavy atom. The van der Waals surface area contributed by atoms with Gasteiger partial charge in [0.1, 0.15) is 17.6 Å². The average Bonchev–Trinajstić information content (AvgIpc) is 3.14. The van der Waals surface area contributed by atoms with E-state index >= 15 is 0 Å². The number of rotatable bonds is 5. The number of pyridine rings is 1. The third kappa shape index (κ3) is 3.75. The van der Waals surface area contributed by atoms with Crippen molar-refractivity contribution in [2.75, 3.05) is 31.1 Å². The molecule has 9 nitrogen and oxygen atoms in total. The predicted molar refractivity (Wildman–Crippen MR) is 109 cm³/mol. The molecule has 29 heavy (non-hydrogen) atoms. The zero-order valence-corrected chi connectivity index (χ0v) is 16.1. The van der Waals surface area contributed by atoms with Crippen LogP contribution in [0.15, 0.2) is 35.5 Å². The number of piperazine rings is 1. The number of carbonyl (C=O) groups is 1. The first kappa shape index (κ1) is 18.8. The number of aromatic nitrogens is 5. The van der Waals surface area contributed by atoms with Crippen molar-refractivity contribution in [2.24, 2.45) is 0 Å². The minimum Gasteiger partial charge on any atom is -0.340 e. The molecular formula is C20H21N7O2. The smallest absolute Gasteiger partial charge is 0.293 e. The van der Waals surface area contributed by atoms with Gasteiger partial charge in [0, 0.05) is 44.1 Å². The minimum absolute atomic E-state index is 0.146. The molecule has 1 saturated heterocycles. The van der Waals surface area contributed by atoms with Gasteiger partial charge in [-0.05, 0) is 19.1 Å². The fourth-order valence-electron chi connectivity index (χ4n) is 3.37. The highest BCUT2D eigenvalue weighted by atomic mass is 16.1. The zero-order valence-electron chi connectivity index (χ0n) is 16.1. The Hall–Kier alpha value is -3.51. The van der Waals surface area contributed by atoms with E-state index in [2.05, 4.69) is 37.1 Å². The summed E-state index contributed by atoms with van der Waals surface area (Å²) >= 11 is 0. The molecule has 0 bridgehead atoms. The van der Waals surface area contributed by atoms with Crippen molar-refractivity contribution < 1.29 is 4.79 Å². The molecule has 148 valence electrons. The van der Waals surface area contributed by atoms with Gasteiger partial charge in [-0.2, -0.15) is 5.10 Å². The molecule has 1 fully saturated rings. The Morgan fingerprint density at radius 2 is 2.00 bits per heavy atom. The molecule has 1 N–H and O–H groups in total. The highest BCUT2D eigenvalue weighted by Gasteiger charge is 2.22. The fraction of sp³-hybridized carbons (Fsp3) is 0.350. The van der Waals surface area contributed by atoms with Gasteiger partial charge in [-0.25, -0.2) is 9.67 Å². The Balaban J connectivity index is 1.76. The SMILES string of the molecule is CC#CCn1c(N2CCNCC2)nc2cnn(CC(=O)c3ccncc3)c(=O)c21. The fourth-order valence-corrected chi connectivity index (χ4v) is 3.37. The van der Waals surface area contributed by atoms with Gasteiger partial charge < -0.3 is 10.2 Å². The van der Waals surface area contributed by atoms with Crippen molar-refractivity contribution in [1.82, 2.24) is 29.6 Å². The van der Waals surface area contributed by atoms with Crippen LogP contribution in [0.2, 0.25) is 0 Å². The van der Waals surface area contributed by atoms with E-state index in [-0.39, 0.29) is 17.9 Å². The van der Waals surface area contributed by atoms with E-state index in [0.717, 1.165) is 26.2 Å². The molecular weight excluding hydrogens is 370 g/mol. The summed E-state index contributed by atoms with van der Waals surface area (Å²) in [6.07, 6.45) is 4.63. The second-order valence-corrected chi connectivity index (χ2v) is 6.66. The summed E-state index contributed by atoms with van der Waals surface area (Å²) in [4.78, 5) is 36.4. The van der Waals surface area contributed by atoms with E-state index in [9.17, 15) is 9.59 Å². The van der Waals surface area contributed by atoms with Crippen molar-refractivity contribution in [3.63, 3.8) is 0 Å². The van der Waals surface area contributed by atoms with Crippen LogP contribution < -0.4 is 15.8 Å². The number of hydrogen-bond donors (Lipinski definition) is 1. The van der Waals surface area contributed by atoms with Crippen molar-refractivity contribution >= 4 is 22.8 Å². The Morgan fingerprint density at radius 1 is 1.24 bits per heavy atom. The zero-order chi connectivity index (χ0) is 20.2. The molecule has 0 unspecified atom stereocenters. The maximum atomic E-state index is 13.2. The number of carbonyl (C=O) groups excluding carboxylic acids is 1. The Labute approximate surface area is 167 Å². The minimum atomic E-state index is -0.350. The van der Waals surface area contributed by atoms with E-state index in [0.29, 0.717) is 29.1 Å². The van der Waals surface area contributed by atoms with E-state index in [4.69, 9.17) is 0 Å². The summed E-state index contributed by atoms with van der Waals surface area (Å²) in [5, 5.41) is 7.49. The summed E-state index contributed by atoms with van der Waals surface area (Å²) in [6, 6.07) is 3.24. The van der Waals surface area contributed by atoms with Crippen LogP contribution >= 0.6 is 0 Å². The maximum Gasteiger partial charge on any atom is 0.293 e.